The van der Waals surface area contributed by atoms with Crippen molar-refractivity contribution >= 4 is 29.1 Å². The first-order valence-corrected chi connectivity index (χ1v) is 8.08. The Hall–Kier alpha value is -3.22. The van der Waals surface area contributed by atoms with Crippen LogP contribution >= 0.6 is 0 Å². The number of hydrogen-bond donors (Lipinski definition) is 3. The molecule has 6 nitrogen and oxygen atoms in total. The molecule has 0 saturated carbocycles. The van der Waals surface area contributed by atoms with E-state index in [0.29, 0.717) is 22.5 Å². The third kappa shape index (κ3) is 5.14. The fourth-order valence-corrected chi connectivity index (χ4v) is 2.37. The van der Waals surface area contributed by atoms with Gasteiger partial charge in [-0.3, -0.25) is 14.4 Å². The highest BCUT2D eigenvalue weighted by molar-refractivity contribution is 6.39. The van der Waals surface area contributed by atoms with E-state index in [-0.39, 0.29) is 24.7 Å². The zero-order valence-electron chi connectivity index (χ0n) is 14.6. The molecule has 3 N–H and O–H groups in total. The molecule has 3 amide bonds. The molecule has 0 aliphatic heterocycles. The Labute approximate surface area is 150 Å². The fraction of sp³-hybridized carbons (Fsp3) is 0.211. The SMILES string of the molecule is CC(=O)Nc1cccc(NC(=O)C(=O)NCCc2ccccc2F)c1C. The zero-order valence-corrected chi connectivity index (χ0v) is 14.6. The van der Waals surface area contributed by atoms with Crippen molar-refractivity contribution in [2.24, 2.45) is 0 Å². The molecule has 0 saturated heterocycles. The van der Waals surface area contributed by atoms with E-state index in [0.717, 1.165) is 0 Å². The maximum absolute atomic E-state index is 13.5. The van der Waals surface area contributed by atoms with Gasteiger partial charge < -0.3 is 16.0 Å². The highest BCUT2D eigenvalue weighted by atomic mass is 19.1. The summed E-state index contributed by atoms with van der Waals surface area (Å²) < 4.78 is 13.5. The maximum atomic E-state index is 13.5. The number of rotatable bonds is 5. The molecule has 2 aromatic rings. The van der Waals surface area contributed by atoms with Gasteiger partial charge in [0.2, 0.25) is 5.91 Å². The molecule has 0 spiro atoms. The molecule has 0 bridgehead atoms. The third-order valence-electron chi connectivity index (χ3n) is 3.74. The van der Waals surface area contributed by atoms with Crippen LogP contribution in [0.3, 0.4) is 0 Å². The normalized spacial score (nSPS) is 10.1. The van der Waals surface area contributed by atoms with Crippen LogP contribution in [-0.2, 0) is 20.8 Å². The molecular weight excluding hydrogens is 337 g/mol. The van der Waals surface area contributed by atoms with Gasteiger partial charge in [-0.05, 0) is 42.7 Å². The van der Waals surface area contributed by atoms with Crippen LogP contribution in [-0.4, -0.2) is 24.3 Å². The van der Waals surface area contributed by atoms with Crippen LogP contribution in [0.2, 0.25) is 0 Å². The monoisotopic (exact) mass is 357 g/mol. The second-order valence-electron chi connectivity index (χ2n) is 5.71. The molecule has 0 aromatic heterocycles. The van der Waals surface area contributed by atoms with E-state index >= 15 is 0 Å². The summed E-state index contributed by atoms with van der Waals surface area (Å²) in [6, 6.07) is 11.2. The van der Waals surface area contributed by atoms with E-state index < -0.39 is 11.8 Å². The average molecular weight is 357 g/mol. The standard InChI is InChI=1S/C19H20FN3O3/c1-12-16(22-13(2)24)8-5-9-17(12)23-19(26)18(25)21-11-10-14-6-3-4-7-15(14)20/h3-9H,10-11H2,1-2H3,(H,21,25)(H,22,24)(H,23,26). The smallest absolute Gasteiger partial charge is 0.313 e. The lowest BCUT2D eigenvalue weighted by molar-refractivity contribution is -0.136. The van der Waals surface area contributed by atoms with Gasteiger partial charge in [-0.15, -0.1) is 0 Å². The van der Waals surface area contributed by atoms with E-state index in [1.807, 2.05) is 0 Å². The Morgan fingerprint density at radius 3 is 2.23 bits per heavy atom. The number of hydrogen-bond acceptors (Lipinski definition) is 3. The molecule has 0 fully saturated rings. The van der Waals surface area contributed by atoms with Gasteiger partial charge in [0.15, 0.2) is 0 Å². The molecule has 0 radical (unpaired) electrons. The molecule has 7 heteroatoms. The minimum atomic E-state index is -0.832. The lowest BCUT2D eigenvalue weighted by atomic mass is 10.1. The number of carbonyl (C=O) groups is 3. The van der Waals surface area contributed by atoms with Crippen molar-refractivity contribution in [1.82, 2.24) is 5.32 Å². The van der Waals surface area contributed by atoms with Gasteiger partial charge in [-0.25, -0.2) is 4.39 Å². The lowest BCUT2D eigenvalue weighted by Crippen LogP contribution is -2.36. The van der Waals surface area contributed by atoms with Gasteiger partial charge in [0.25, 0.3) is 0 Å². The number of benzene rings is 2. The second-order valence-corrected chi connectivity index (χ2v) is 5.71. The highest BCUT2D eigenvalue weighted by Gasteiger charge is 2.15. The van der Waals surface area contributed by atoms with Crippen molar-refractivity contribution in [3.05, 3.63) is 59.4 Å². The maximum Gasteiger partial charge on any atom is 0.313 e. The minimum absolute atomic E-state index is 0.137. The zero-order chi connectivity index (χ0) is 19.1. The van der Waals surface area contributed by atoms with E-state index in [1.165, 1.54) is 13.0 Å². The summed E-state index contributed by atoms with van der Waals surface area (Å²) in [6.07, 6.45) is 0.280. The summed E-state index contributed by atoms with van der Waals surface area (Å²) in [5, 5.41) is 7.61. The number of amides is 3. The fourth-order valence-electron chi connectivity index (χ4n) is 2.37. The molecule has 2 rings (SSSR count). The lowest BCUT2D eigenvalue weighted by Gasteiger charge is -2.12. The first-order valence-electron chi connectivity index (χ1n) is 8.08. The van der Waals surface area contributed by atoms with E-state index in [9.17, 15) is 18.8 Å². The number of nitrogens with one attached hydrogen (secondary N) is 3. The first kappa shape index (κ1) is 19.1. The first-order chi connectivity index (χ1) is 12.4. The van der Waals surface area contributed by atoms with Crippen molar-refractivity contribution in [2.45, 2.75) is 20.3 Å². The third-order valence-corrected chi connectivity index (χ3v) is 3.74. The van der Waals surface area contributed by atoms with Crippen LogP contribution in [0.25, 0.3) is 0 Å². The molecular formula is C19H20FN3O3. The summed E-state index contributed by atoms with van der Waals surface area (Å²) >= 11 is 0. The van der Waals surface area contributed by atoms with Crippen molar-refractivity contribution in [3.63, 3.8) is 0 Å². The summed E-state index contributed by atoms with van der Waals surface area (Å²) in [5.74, 6) is -2.23. The minimum Gasteiger partial charge on any atom is -0.347 e. The molecule has 136 valence electrons. The molecule has 26 heavy (non-hydrogen) atoms. The Morgan fingerprint density at radius 2 is 1.58 bits per heavy atom. The van der Waals surface area contributed by atoms with Crippen LogP contribution in [0.1, 0.15) is 18.1 Å². The number of halogens is 1. The van der Waals surface area contributed by atoms with Crippen LogP contribution in [0.4, 0.5) is 15.8 Å². The van der Waals surface area contributed by atoms with Gasteiger partial charge in [-0.1, -0.05) is 24.3 Å². The Balaban J connectivity index is 1.92. The number of anilines is 2. The summed E-state index contributed by atoms with van der Waals surface area (Å²) in [7, 11) is 0. The Kier molecular flexibility index (Phi) is 6.43. The molecule has 2 aromatic carbocycles. The van der Waals surface area contributed by atoms with Gasteiger partial charge >= 0.3 is 11.8 Å². The largest absolute Gasteiger partial charge is 0.347 e. The molecule has 0 atom stereocenters. The molecule has 0 aliphatic carbocycles. The van der Waals surface area contributed by atoms with E-state index in [2.05, 4.69) is 16.0 Å². The summed E-state index contributed by atoms with van der Waals surface area (Å²) in [5.41, 5.74) is 2.07. The van der Waals surface area contributed by atoms with Gasteiger partial charge in [-0.2, -0.15) is 0 Å². The van der Waals surface area contributed by atoms with Crippen LogP contribution < -0.4 is 16.0 Å². The second kappa shape index (κ2) is 8.75. The average Bonchev–Trinajstić information content (AvgIpc) is 2.59. The van der Waals surface area contributed by atoms with Crippen LogP contribution in [0, 0.1) is 12.7 Å². The number of carbonyl (C=O) groups excluding carboxylic acids is 3. The molecule has 0 unspecified atom stereocenters. The van der Waals surface area contributed by atoms with Gasteiger partial charge in [0.1, 0.15) is 5.82 Å². The topological polar surface area (TPSA) is 87.3 Å². The quantitative estimate of drug-likeness (QED) is 0.718. The predicted octanol–water partition coefficient (Wildman–Crippen LogP) is 2.39. The van der Waals surface area contributed by atoms with E-state index in [4.69, 9.17) is 0 Å². The Bertz CT molecular complexity index is 837. The summed E-state index contributed by atoms with van der Waals surface area (Å²) in [6.45, 7) is 3.24. The molecule has 0 heterocycles. The van der Waals surface area contributed by atoms with Crippen molar-refractivity contribution in [2.75, 3.05) is 17.2 Å². The van der Waals surface area contributed by atoms with Crippen molar-refractivity contribution in [1.29, 1.82) is 0 Å². The van der Waals surface area contributed by atoms with E-state index in [1.54, 1.807) is 43.3 Å². The van der Waals surface area contributed by atoms with Gasteiger partial charge in [0, 0.05) is 24.8 Å². The van der Waals surface area contributed by atoms with Crippen molar-refractivity contribution in [3.8, 4) is 0 Å². The highest BCUT2D eigenvalue weighted by Crippen LogP contribution is 2.23. The molecule has 0 aliphatic rings. The van der Waals surface area contributed by atoms with Crippen LogP contribution in [0.5, 0.6) is 0 Å². The van der Waals surface area contributed by atoms with Crippen LogP contribution in [0.15, 0.2) is 42.5 Å². The predicted molar refractivity (Wildman–Crippen MR) is 97.2 cm³/mol. The Morgan fingerprint density at radius 1 is 0.923 bits per heavy atom. The van der Waals surface area contributed by atoms with Crippen molar-refractivity contribution < 1.29 is 18.8 Å². The van der Waals surface area contributed by atoms with Gasteiger partial charge in [0.05, 0.1) is 0 Å². The summed E-state index contributed by atoms with van der Waals surface area (Å²) in [4.78, 5) is 35.1.